The summed E-state index contributed by atoms with van der Waals surface area (Å²) in [5.74, 6) is 1.11. The highest BCUT2D eigenvalue weighted by Gasteiger charge is 2.42. The van der Waals surface area contributed by atoms with E-state index < -0.39 is 5.92 Å². The minimum Gasteiger partial charge on any atom is -0.459 e. The molecule has 1 aliphatic carbocycles. The molecule has 0 aromatic carbocycles. The maximum Gasteiger partial charge on any atom is 0.162 e. The average molecular weight is 364 g/mol. The van der Waals surface area contributed by atoms with Crippen LogP contribution >= 0.6 is 11.3 Å². The van der Waals surface area contributed by atoms with Gasteiger partial charge in [0.15, 0.2) is 5.78 Å². The molecule has 0 radical (unpaired) electrons. The van der Waals surface area contributed by atoms with Crippen LogP contribution in [-0.2, 0) is 4.79 Å². The fourth-order valence-electron chi connectivity index (χ4n) is 3.93. The molecule has 2 aliphatic rings. The van der Waals surface area contributed by atoms with Gasteiger partial charge in [0.05, 0.1) is 22.4 Å². The number of thiophene rings is 1. The van der Waals surface area contributed by atoms with Crippen molar-refractivity contribution in [3.8, 4) is 16.7 Å². The van der Waals surface area contributed by atoms with Gasteiger partial charge >= 0.3 is 0 Å². The number of furan rings is 1. The summed E-state index contributed by atoms with van der Waals surface area (Å²) >= 11 is 1.60. The maximum absolute atomic E-state index is 13.0. The topological polar surface area (TPSA) is 66.0 Å². The van der Waals surface area contributed by atoms with Gasteiger partial charge in [-0.3, -0.25) is 4.79 Å². The Balaban J connectivity index is 1.83. The molecule has 0 spiro atoms. The van der Waals surface area contributed by atoms with E-state index in [2.05, 4.69) is 25.2 Å². The Morgan fingerprint density at radius 3 is 2.81 bits per heavy atom. The molecule has 4 nitrogen and oxygen atoms in total. The van der Waals surface area contributed by atoms with Gasteiger partial charge < -0.3 is 9.73 Å². The molecule has 0 unspecified atom stereocenters. The lowest BCUT2D eigenvalue weighted by Crippen LogP contribution is -2.36. The summed E-state index contributed by atoms with van der Waals surface area (Å²) in [6.45, 7) is 6.10. The smallest absolute Gasteiger partial charge is 0.162 e. The summed E-state index contributed by atoms with van der Waals surface area (Å²) in [7, 11) is 0. The van der Waals surface area contributed by atoms with Gasteiger partial charge in [-0.2, -0.15) is 5.26 Å². The van der Waals surface area contributed by atoms with Crippen molar-refractivity contribution >= 4 is 17.1 Å². The van der Waals surface area contributed by atoms with Gasteiger partial charge in [-0.05, 0) is 42.3 Å². The lowest BCUT2D eigenvalue weighted by Gasteiger charge is -2.38. The Morgan fingerprint density at radius 1 is 1.31 bits per heavy atom. The Kier molecular flexibility index (Phi) is 3.89. The molecule has 4 rings (SSSR count). The van der Waals surface area contributed by atoms with E-state index in [0.29, 0.717) is 23.3 Å². The fourth-order valence-corrected chi connectivity index (χ4v) is 4.61. The predicted octanol–water partition coefficient (Wildman–Crippen LogP) is 5.14. The van der Waals surface area contributed by atoms with E-state index in [1.165, 1.54) is 0 Å². The second-order valence-corrected chi connectivity index (χ2v) is 8.67. The van der Waals surface area contributed by atoms with E-state index in [0.717, 1.165) is 28.5 Å². The van der Waals surface area contributed by atoms with Crippen molar-refractivity contribution in [3.63, 3.8) is 0 Å². The molecule has 0 saturated heterocycles. The molecule has 5 heteroatoms. The van der Waals surface area contributed by atoms with Crippen molar-refractivity contribution in [1.82, 2.24) is 5.32 Å². The highest BCUT2D eigenvalue weighted by Crippen LogP contribution is 2.47. The standard InChI is InChI=1S/C21H20N2O2S/c1-12-13(11-22)19(17-7-6-16(25-17)18-5-4-8-26-18)20-14(23-12)9-21(2,3)10-15(20)24/h4-8,19,23H,9-10H2,1-3H3/t19-/m1/s1. The molecular formula is C21H20N2O2S. The van der Waals surface area contributed by atoms with Crippen LogP contribution in [0.2, 0.25) is 0 Å². The zero-order valence-electron chi connectivity index (χ0n) is 15.1. The minimum absolute atomic E-state index is 0.0802. The van der Waals surface area contributed by atoms with Crippen molar-refractivity contribution in [2.45, 2.75) is 39.5 Å². The van der Waals surface area contributed by atoms with Gasteiger partial charge in [-0.15, -0.1) is 11.3 Å². The first-order valence-electron chi connectivity index (χ1n) is 8.67. The van der Waals surface area contributed by atoms with E-state index in [1.807, 2.05) is 36.6 Å². The van der Waals surface area contributed by atoms with E-state index in [-0.39, 0.29) is 11.2 Å². The number of nitrogens with one attached hydrogen (secondary N) is 1. The molecule has 3 heterocycles. The fraction of sp³-hybridized carbons (Fsp3) is 0.333. The van der Waals surface area contributed by atoms with Crippen LogP contribution < -0.4 is 5.32 Å². The molecule has 26 heavy (non-hydrogen) atoms. The molecule has 0 saturated carbocycles. The second kappa shape index (κ2) is 6.00. The van der Waals surface area contributed by atoms with Crippen LogP contribution in [0.25, 0.3) is 10.6 Å². The van der Waals surface area contributed by atoms with Crippen molar-refractivity contribution in [3.05, 3.63) is 57.9 Å². The molecular weight excluding hydrogens is 344 g/mol. The molecule has 2 aromatic heterocycles. The number of hydrogen-bond acceptors (Lipinski definition) is 5. The number of ketones is 1. The number of rotatable bonds is 2. The van der Waals surface area contributed by atoms with Crippen LogP contribution in [0.5, 0.6) is 0 Å². The summed E-state index contributed by atoms with van der Waals surface area (Å²) < 4.78 is 6.11. The Labute approximate surface area is 156 Å². The molecule has 1 N–H and O–H groups in total. The summed E-state index contributed by atoms with van der Waals surface area (Å²) in [6, 6.07) is 10.1. The van der Waals surface area contributed by atoms with Crippen LogP contribution in [0.1, 0.15) is 45.3 Å². The third-order valence-electron chi connectivity index (χ3n) is 5.04. The molecule has 0 amide bonds. The van der Waals surface area contributed by atoms with Crippen molar-refractivity contribution in [2.75, 3.05) is 0 Å². The summed E-state index contributed by atoms with van der Waals surface area (Å²) in [5.41, 5.74) is 2.91. The number of carbonyl (C=O) groups excluding carboxylic acids is 1. The quantitative estimate of drug-likeness (QED) is 0.802. The minimum atomic E-state index is -0.423. The lowest BCUT2D eigenvalue weighted by atomic mass is 9.70. The van der Waals surface area contributed by atoms with Crippen LogP contribution in [0.4, 0.5) is 0 Å². The van der Waals surface area contributed by atoms with Crippen molar-refractivity contribution in [1.29, 1.82) is 5.26 Å². The monoisotopic (exact) mass is 364 g/mol. The molecule has 2 aromatic rings. The van der Waals surface area contributed by atoms with Crippen molar-refractivity contribution in [2.24, 2.45) is 5.41 Å². The SMILES string of the molecule is CC1=C(C#N)[C@H](c2ccc(-c3cccs3)o2)C2=C(CC(C)(C)CC2=O)N1. The van der Waals surface area contributed by atoms with Gasteiger partial charge in [0.1, 0.15) is 11.5 Å². The van der Waals surface area contributed by atoms with E-state index >= 15 is 0 Å². The number of hydrogen-bond donors (Lipinski definition) is 1. The first kappa shape index (κ1) is 16.9. The van der Waals surface area contributed by atoms with Gasteiger partial charge in [0.25, 0.3) is 0 Å². The van der Waals surface area contributed by atoms with Gasteiger partial charge in [-0.1, -0.05) is 19.9 Å². The Hall–Kier alpha value is -2.58. The zero-order chi connectivity index (χ0) is 18.5. The van der Waals surface area contributed by atoms with Crippen LogP contribution in [0, 0.1) is 16.7 Å². The molecule has 0 bridgehead atoms. The molecule has 1 atom stereocenters. The number of Topliss-reactive ketones (excluding diaryl/α,β-unsaturated/α-hetero) is 1. The Morgan fingerprint density at radius 2 is 2.12 bits per heavy atom. The van der Waals surface area contributed by atoms with Crippen LogP contribution in [-0.4, -0.2) is 5.78 Å². The normalized spacial score (nSPS) is 22.1. The number of dihydropyridines is 1. The zero-order valence-corrected chi connectivity index (χ0v) is 15.9. The largest absolute Gasteiger partial charge is 0.459 e. The first-order valence-corrected chi connectivity index (χ1v) is 9.55. The lowest BCUT2D eigenvalue weighted by molar-refractivity contribution is -0.118. The van der Waals surface area contributed by atoms with Crippen LogP contribution in [0.15, 0.2) is 56.6 Å². The van der Waals surface area contributed by atoms with Gasteiger partial charge in [-0.25, -0.2) is 0 Å². The van der Waals surface area contributed by atoms with Gasteiger partial charge in [0, 0.05) is 23.4 Å². The predicted molar refractivity (Wildman–Crippen MR) is 101 cm³/mol. The third kappa shape index (κ3) is 2.71. The maximum atomic E-state index is 13.0. The Bertz CT molecular complexity index is 984. The molecule has 1 aliphatic heterocycles. The molecule has 132 valence electrons. The van der Waals surface area contributed by atoms with E-state index in [1.54, 1.807) is 11.3 Å². The first-order chi connectivity index (χ1) is 12.4. The number of carbonyl (C=O) groups is 1. The number of allylic oxidation sites excluding steroid dienone is 4. The highest BCUT2D eigenvalue weighted by molar-refractivity contribution is 7.13. The highest BCUT2D eigenvalue weighted by atomic mass is 32.1. The van der Waals surface area contributed by atoms with Crippen LogP contribution in [0.3, 0.4) is 0 Å². The van der Waals surface area contributed by atoms with Crippen molar-refractivity contribution < 1.29 is 9.21 Å². The number of nitrogens with zero attached hydrogens (tertiary/aromatic N) is 1. The van der Waals surface area contributed by atoms with E-state index in [4.69, 9.17) is 4.42 Å². The summed E-state index contributed by atoms with van der Waals surface area (Å²) in [4.78, 5) is 14.0. The third-order valence-corrected chi connectivity index (χ3v) is 5.92. The molecule has 0 fully saturated rings. The summed E-state index contributed by atoms with van der Waals surface area (Å²) in [6.07, 6.45) is 1.28. The summed E-state index contributed by atoms with van der Waals surface area (Å²) in [5, 5.41) is 15.1. The number of nitriles is 1. The average Bonchev–Trinajstić information content (AvgIpc) is 3.23. The van der Waals surface area contributed by atoms with Gasteiger partial charge in [0.2, 0.25) is 0 Å². The van der Waals surface area contributed by atoms with E-state index in [9.17, 15) is 10.1 Å². The second-order valence-electron chi connectivity index (χ2n) is 7.72.